The third-order valence-corrected chi connectivity index (χ3v) is 4.29. The van der Waals surface area contributed by atoms with Crippen LogP contribution in [0, 0.1) is 17.0 Å². The van der Waals surface area contributed by atoms with Crippen LogP contribution in [-0.2, 0) is 17.1 Å². The number of hydrogen-bond acceptors (Lipinski definition) is 5. The van der Waals surface area contributed by atoms with Crippen molar-refractivity contribution in [3.8, 4) is 0 Å². The van der Waals surface area contributed by atoms with Crippen molar-refractivity contribution in [2.45, 2.75) is 11.8 Å². The van der Waals surface area contributed by atoms with Gasteiger partial charge < -0.3 is 0 Å². The number of aromatic nitrogens is 2. The van der Waals surface area contributed by atoms with Gasteiger partial charge in [0.05, 0.1) is 16.8 Å². The molecule has 0 amide bonds. The summed E-state index contributed by atoms with van der Waals surface area (Å²) in [6.07, 6.45) is 1.25. The van der Waals surface area contributed by atoms with E-state index >= 15 is 0 Å². The maximum atomic E-state index is 12.2. The Morgan fingerprint density at radius 2 is 1.90 bits per heavy atom. The second-order valence-corrected chi connectivity index (χ2v) is 5.78. The molecule has 2 rings (SSSR count). The number of anilines is 1. The summed E-state index contributed by atoms with van der Waals surface area (Å²) in [5, 5.41) is 14.4. The molecule has 0 bridgehead atoms. The second kappa shape index (κ2) is 4.93. The van der Waals surface area contributed by atoms with Crippen molar-refractivity contribution in [2.75, 3.05) is 4.72 Å². The quantitative estimate of drug-likeness (QED) is 0.678. The number of benzene rings is 1. The summed E-state index contributed by atoms with van der Waals surface area (Å²) < 4.78 is 28.1. The van der Waals surface area contributed by atoms with Gasteiger partial charge in [-0.1, -0.05) is 0 Å². The molecule has 0 fully saturated rings. The number of nitro groups is 1. The van der Waals surface area contributed by atoms with Crippen LogP contribution in [0.25, 0.3) is 0 Å². The fourth-order valence-electron chi connectivity index (χ4n) is 1.60. The molecule has 1 aromatic heterocycles. The molecule has 0 aliphatic rings. The van der Waals surface area contributed by atoms with E-state index in [1.165, 1.54) is 35.1 Å². The Labute approximate surface area is 115 Å². The largest absolute Gasteiger partial charge is 0.280 e. The van der Waals surface area contributed by atoms with Gasteiger partial charge in [0, 0.05) is 24.9 Å². The Balaban J connectivity index is 2.29. The highest BCUT2D eigenvalue weighted by atomic mass is 32.2. The van der Waals surface area contributed by atoms with Crippen molar-refractivity contribution in [1.29, 1.82) is 0 Å². The van der Waals surface area contributed by atoms with Crippen LogP contribution in [0.1, 0.15) is 5.69 Å². The van der Waals surface area contributed by atoms with Gasteiger partial charge in [0.1, 0.15) is 4.90 Å². The first-order chi connectivity index (χ1) is 9.31. The van der Waals surface area contributed by atoms with Gasteiger partial charge in [0.15, 0.2) is 0 Å². The molecule has 0 radical (unpaired) electrons. The highest BCUT2D eigenvalue weighted by molar-refractivity contribution is 7.92. The van der Waals surface area contributed by atoms with E-state index in [-0.39, 0.29) is 16.3 Å². The molecule has 8 nitrogen and oxygen atoms in total. The highest BCUT2D eigenvalue weighted by Crippen LogP contribution is 2.20. The van der Waals surface area contributed by atoms with Crippen molar-refractivity contribution in [1.82, 2.24) is 9.78 Å². The lowest BCUT2D eigenvalue weighted by molar-refractivity contribution is -0.384. The van der Waals surface area contributed by atoms with Crippen LogP contribution in [0.2, 0.25) is 0 Å². The number of non-ortho nitro benzene ring substituents is 1. The Kier molecular flexibility index (Phi) is 3.45. The topological polar surface area (TPSA) is 107 Å². The predicted octanol–water partition coefficient (Wildman–Crippen LogP) is 1.44. The molecular formula is C11H12N4O4S. The average molecular weight is 296 g/mol. The standard InChI is InChI=1S/C11H12N4O4S/c1-8-11(7-12-14(8)2)20(18,19)13-9-3-5-10(6-4-9)15(16)17/h3-7,13H,1-2H3. The van der Waals surface area contributed by atoms with E-state index in [0.29, 0.717) is 5.69 Å². The molecule has 1 heterocycles. The molecule has 2 aromatic rings. The fourth-order valence-corrected chi connectivity index (χ4v) is 2.87. The number of aryl methyl sites for hydroxylation is 1. The van der Waals surface area contributed by atoms with E-state index in [1.807, 2.05) is 0 Å². The SMILES string of the molecule is Cc1c(S(=O)(=O)Nc2ccc([N+](=O)[O-])cc2)cnn1C. The summed E-state index contributed by atoms with van der Waals surface area (Å²) in [6, 6.07) is 5.13. The molecule has 20 heavy (non-hydrogen) atoms. The van der Waals surface area contributed by atoms with E-state index in [0.717, 1.165) is 0 Å². The summed E-state index contributed by atoms with van der Waals surface area (Å²) in [5.41, 5.74) is 0.642. The molecule has 0 unspecified atom stereocenters. The lowest BCUT2D eigenvalue weighted by Crippen LogP contribution is -2.13. The predicted molar refractivity (Wildman–Crippen MR) is 71.8 cm³/mol. The van der Waals surface area contributed by atoms with Crippen LogP contribution in [0.15, 0.2) is 35.4 Å². The molecule has 0 atom stereocenters. The van der Waals surface area contributed by atoms with E-state index < -0.39 is 14.9 Å². The summed E-state index contributed by atoms with van der Waals surface area (Å²) in [6.45, 7) is 1.64. The molecule has 0 aliphatic heterocycles. The van der Waals surface area contributed by atoms with Crippen molar-refractivity contribution in [3.05, 3.63) is 46.3 Å². The smallest absolute Gasteiger partial charge is 0.269 e. The van der Waals surface area contributed by atoms with Crippen molar-refractivity contribution in [3.63, 3.8) is 0 Å². The maximum Gasteiger partial charge on any atom is 0.269 e. The van der Waals surface area contributed by atoms with Gasteiger partial charge in [-0.15, -0.1) is 0 Å². The number of nitrogens with zero attached hydrogens (tertiary/aromatic N) is 3. The zero-order valence-corrected chi connectivity index (χ0v) is 11.6. The zero-order valence-electron chi connectivity index (χ0n) is 10.8. The van der Waals surface area contributed by atoms with Gasteiger partial charge in [0.2, 0.25) is 0 Å². The van der Waals surface area contributed by atoms with Crippen LogP contribution in [-0.4, -0.2) is 23.1 Å². The van der Waals surface area contributed by atoms with Gasteiger partial charge in [-0.3, -0.25) is 19.5 Å². The van der Waals surface area contributed by atoms with Gasteiger partial charge in [0.25, 0.3) is 15.7 Å². The molecule has 0 saturated carbocycles. The van der Waals surface area contributed by atoms with Crippen LogP contribution < -0.4 is 4.72 Å². The summed E-state index contributed by atoms with van der Waals surface area (Å²) >= 11 is 0. The average Bonchev–Trinajstić information content (AvgIpc) is 2.71. The minimum Gasteiger partial charge on any atom is -0.280 e. The Hall–Kier alpha value is -2.42. The Morgan fingerprint density at radius 1 is 1.30 bits per heavy atom. The summed E-state index contributed by atoms with van der Waals surface area (Å²) in [4.78, 5) is 10.0. The van der Waals surface area contributed by atoms with Crippen molar-refractivity contribution in [2.24, 2.45) is 7.05 Å². The van der Waals surface area contributed by atoms with Gasteiger partial charge >= 0.3 is 0 Å². The van der Waals surface area contributed by atoms with Crippen molar-refractivity contribution < 1.29 is 13.3 Å². The normalized spacial score (nSPS) is 11.3. The first kappa shape index (κ1) is 14.0. The maximum absolute atomic E-state index is 12.2. The monoisotopic (exact) mass is 296 g/mol. The molecule has 1 N–H and O–H groups in total. The Morgan fingerprint density at radius 3 is 2.35 bits per heavy atom. The summed E-state index contributed by atoms with van der Waals surface area (Å²) in [5.74, 6) is 0. The van der Waals surface area contributed by atoms with Crippen LogP contribution >= 0.6 is 0 Å². The molecule has 0 aliphatic carbocycles. The first-order valence-electron chi connectivity index (χ1n) is 5.57. The third kappa shape index (κ3) is 2.62. The number of sulfonamides is 1. The molecule has 0 saturated heterocycles. The minimum atomic E-state index is -3.76. The van der Waals surface area contributed by atoms with Crippen molar-refractivity contribution >= 4 is 21.4 Å². The zero-order chi connectivity index (χ0) is 14.9. The van der Waals surface area contributed by atoms with Crippen LogP contribution in [0.4, 0.5) is 11.4 Å². The number of nitro benzene ring substituents is 1. The lowest BCUT2D eigenvalue weighted by Gasteiger charge is -2.07. The molecular weight excluding hydrogens is 284 g/mol. The molecule has 106 valence electrons. The molecule has 9 heteroatoms. The highest BCUT2D eigenvalue weighted by Gasteiger charge is 2.20. The minimum absolute atomic E-state index is 0.0679. The van der Waals surface area contributed by atoms with E-state index in [9.17, 15) is 18.5 Å². The van der Waals surface area contributed by atoms with E-state index in [2.05, 4.69) is 9.82 Å². The number of nitrogens with one attached hydrogen (secondary N) is 1. The van der Waals surface area contributed by atoms with E-state index in [4.69, 9.17) is 0 Å². The first-order valence-corrected chi connectivity index (χ1v) is 7.05. The van der Waals surface area contributed by atoms with Crippen LogP contribution in [0.3, 0.4) is 0 Å². The lowest BCUT2D eigenvalue weighted by atomic mass is 10.3. The summed E-state index contributed by atoms with van der Waals surface area (Å²) in [7, 11) is -2.12. The van der Waals surface area contributed by atoms with E-state index in [1.54, 1.807) is 14.0 Å². The second-order valence-electron chi connectivity index (χ2n) is 4.13. The number of rotatable bonds is 4. The van der Waals surface area contributed by atoms with Gasteiger partial charge in [-0.05, 0) is 19.1 Å². The molecule has 1 aromatic carbocycles. The van der Waals surface area contributed by atoms with Crippen LogP contribution in [0.5, 0.6) is 0 Å². The fraction of sp³-hybridized carbons (Fsp3) is 0.182. The third-order valence-electron chi connectivity index (χ3n) is 2.81. The molecule has 0 spiro atoms. The Bertz CT molecular complexity index is 749. The van der Waals surface area contributed by atoms with Gasteiger partial charge in [-0.2, -0.15) is 5.10 Å². The van der Waals surface area contributed by atoms with Gasteiger partial charge in [-0.25, -0.2) is 8.42 Å². The number of hydrogen-bond donors (Lipinski definition) is 1.